The van der Waals surface area contributed by atoms with E-state index in [0.29, 0.717) is 31.9 Å². The van der Waals surface area contributed by atoms with Crippen LogP contribution < -0.4 is 5.32 Å². The van der Waals surface area contributed by atoms with Crippen LogP contribution in [0.4, 0.5) is 5.82 Å². The van der Waals surface area contributed by atoms with E-state index in [2.05, 4.69) is 15.3 Å². The first-order valence-electron chi connectivity index (χ1n) is 5.53. The average molecular weight is 272 g/mol. The van der Waals surface area contributed by atoms with E-state index in [9.17, 15) is 4.79 Å². The normalized spacial score (nSPS) is 23.0. The number of carbonyl (C=O) groups excluding carboxylic acids is 1. The van der Waals surface area contributed by atoms with Gasteiger partial charge in [-0.1, -0.05) is 11.6 Å². The third kappa shape index (κ3) is 2.60. The lowest BCUT2D eigenvalue weighted by Crippen LogP contribution is -2.40. The molecule has 0 bridgehead atoms. The van der Waals surface area contributed by atoms with Crippen LogP contribution in [0.5, 0.6) is 0 Å². The molecule has 1 unspecified atom stereocenters. The fourth-order valence-electron chi connectivity index (χ4n) is 1.83. The van der Waals surface area contributed by atoms with E-state index < -0.39 is 0 Å². The standard InChI is InChI=1S/C11H14ClN3O3/c1-17-11(2-3-18-6-11)5-13-10-8(4-16)9(12)14-7-15-10/h4,7H,2-3,5-6H2,1H3,(H,13,14,15). The van der Waals surface area contributed by atoms with Gasteiger partial charge in [0.2, 0.25) is 0 Å². The van der Waals surface area contributed by atoms with Crippen LogP contribution in [0, 0.1) is 0 Å². The highest BCUT2D eigenvalue weighted by Gasteiger charge is 2.35. The maximum atomic E-state index is 10.9. The lowest BCUT2D eigenvalue weighted by molar-refractivity contribution is -0.00626. The van der Waals surface area contributed by atoms with Crippen molar-refractivity contribution in [1.29, 1.82) is 0 Å². The summed E-state index contributed by atoms with van der Waals surface area (Å²) < 4.78 is 10.8. The molecule has 1 aromatic heterocycles. The molecule has 0 amide bonds. The van der Waals surface area contributed by atoms with Gasteiger partial charge < -0.3 is 14.8 Å². The number of hydrogen-bond donors (Lipinski definition) is 1. The quantitative estimate of drug-likeness (QED) is 0.640. The second-order valence-electron chi connectivity index (χ2n) is 4.09. The van der Waals surface area contributed by atoms with Crippen LogP contribution in [-0.4, -0.2) is 48.7 Å². The van der Waals surface area contributed by atoms with Crippen LogP contribution in [0.3, 0.4) is 0 Å². The SMILES string of the molecule is COC1(CNc2ncnc(Cl)c2C=O)CCOC1. The molecular formula is C11H14ClN3O3. The third-order valence-corrected chi connectivity index (χ3v) is 3.33. The maximum Gasteiger partial charge on any atom is 0.156 e. The Labute approximate surface area is 110 Å². The predicted molar refractivity (Wildman–Crippen MR) is 66.1 cm³/mol. The lowest BCUT2D eigenvalue weighted by Gasteiger charge is -2.26. The number of methoxy groups -OCH3 is 1. The van der Waals surface area contributed by atoms with Crippen molar-refractivity contribution in [1.82, 2.24) is 9.97 Å². The zero-order valence-corrected chi connectivity index (χ0v) is 10.7. The van der Waals surface area contributed by atoms with Gasteiger partial charge in [0.1, 0.15) is 22.9 Å². The Kier molecular flexibility index (Phi) is 4.11. The number of halogens is 1. The lowest BCUT2D eigenvalue weighted by atomic mass is 10.0. The molecule has 1 aliphatic rings. The molecule has 1 atom stereocenters. The Hall–Kier alpha value is -1.24. The third-order valence-electron chi connectivity index (χ3n) is 3.03. The van der Waals surface area contributed by atoms with Crippen molar-refractivity contribution in [2.45, 2.75) is 12.0 Å². The largest absolute Gasteiger partial charge is 0.378 e. The maximum absolute atomic E-state index is 10.9. The molecule has 1 N–H and O–H groups in total. The van der Waals surface area contributed by atoms with Crippen LogP contribution in [0.15, 0.2) is 6.33 Å². The highest BCUT2D eigenvalue weighted by Crippen LogP contribution is 2.24. The zero-order valence-electron chi connectivity index (χ0n) is 9.98. The van der Waals surface area contributed by atoms with Gasteiger partial charge in [-0.15, -0.1) is 0 Å². The molecule has 0 radical (unpaired) electrons. The fraction of sp³-hybridized carbons (Fsp3) is 0.545. The summed E-state index contributed by atoms with van der Waals surface area (Å²) in [6.45, 7) is 1.68. The Morgan fingerprint density at radius 3 is 3.11 bits per heavy atom. The molecule has 2 rings (SSSR count). The number of nitrogens with zero attached hydrogens (tertiary/aromatic N) is 2. The van der Waals surface area contributed by atoms with Crippen LogP contribution in [0.1, 0.15) is 16.8 Å². The van der Waals surface area contributed by atoms with Crippen molar-refractivity contribution in [3.8, 4) is 0 Å². The first-order valence-corrected chi connectivity index (χ1v) is 5.91. The van der Waals surface area contributed by atoms with Gasteiger partial charge in [-0.05, 0) is 0 Å². The molecule has 1 aromatic rings. The van der Waals surface area contributed by atoms with Crippen LogP contribution >= 0.6 is 11.6 Å². The minimum atomic E-state index is -0.377. The van der Waals surface area contributed by atoms with Gasteiger partial charge in [-0.25, -0.2) is 9.97 Å². The molecule has 0 saturated carbocycles. The molecule has 0 aliphatic carbocycles. The van der Waals surface area contributed by atoms with Gasteiger partial charge in [0.15, 0.2) is 6.29 Å². The fourth-order valence-corrected chi connectivity index (χ4v) is 2.00. The summed E-state index contributed by atoms with van der Waals surface area (Å²) in [6.07, 6.45) is 2.74. The van der Waals surface area contributed by atoms with Crippen LogP contribution in [-0.2, 0) is 9.47 Å². The Bertz CT molecular complexity index is 436. The van der Waals surface area contributed by atoms with Crippen LogP contribution in [0.2, 0.25) is 5.15 Å². The molecule has 1 fully saturated rings. The summed E-state index contributed by atoms with van der Waals surface area (Å²) in [7, 11) is 1.64. The number of ether oxygens (including phenoxy) is 2. The summed E-state index contributed by atoms with van der Waals surface area (Å²) >= 11 is 5.82. The van der Waals surface area contributed by atoms with Gasteiger partial charge in [-0.3, -0.25) is 4.79 Å². The van der Waals surface area contributed by atoms with E-state index in [1.165, 1.54) is 6.33 Å². The number of aromatic nitrogens is 2. The number of carbonyl (C=O) groups is 1. The number of rotatable bonds is 5. The molecule has 7 heteroatoms. The Balaban J connectivity index is 2.10. The molecule has 1 aliphatic heterocycles. The average Bonchev–Trinajstić information content (AvgIpc) is 2.86. The van der Waals surface area contributed by atoms with Gasteiger partial charge in [0.05, 0.1) is 12.2 Å². The van der Waals surface area contributed by atoms with E-state index in [4.69, 9.17) is 21.1 Å². The molecular weight excluding hydrogens is 258 g/mol. The van der Waals surface area contributed by atoms with Crippen LogP contribution in [0.25, 0.3) is 0 Å². The van der Waals surface area contributed by atoms with E-state index in [1.807, 2.05) is 0 Å². The zero-order chi connectivity index (χ0) is 13.0. The summed E-state index contributed by atoms with van der Waals surface area (Å²) in [5, 5.41) is 3.20. The highest BCUT2D eigenvalue weighted by atomic mass is 35.5. The summed E-state index contributed by atoms with van der Waals surface area (Å²) in [6, 6.07) is 0. The number of aldehydes is 1. The van der Waals surface area contributed by atoms with Crippen molar-refractivity contribution in [3.63, 3.8) is 0 Å². The van der Waals surface area contributed by atoms with Gasteiger partial charge in [0.25, 0.3) is 0 Å². The van der Waals surface area contributed by atoms with Crippen molar-refractivity contribution < 1.29 is 14.3 Å². The van der Waals surface area contributed by atoms with Crippen molar-refractivity contribution in [2.75, 3.05) is 32.2 Å². The van der Waals surface area contributed by atoms with Crippen molar-refractivity contribution in [2.24, 2.45) is 0 Å². The molecule has 0 aromatic carbocycles. The van der Waals surface area contributed by atoms with E-state index >= 15 is 0 Å². The van der Waals surface area contributed by atoms with E-state index in [0.717, 1.165) is 6.42 Å². The molecule has 98 valence electrons. The predicted octanol–water partition coefficient (Wildman–Crippen LogP) is 1.16. The van der Waals surface area contributed by atoms with Gasteiger partial charge in [-0.2, -0.15) is 0 Å². The molecule has 0 spiro atoms. The van der Waals surface area contributed by atoms with Gasteiger partial charge >= 0.3 is 0 Å². The monoisotopic (exact) mass is 271 g/mol. The summed E-state index contributed by atoms with van der Waals surface area (Å²) in [4.78, 5) is 18.7. The molecule has 6 nitrogen and oxygen atoms in total. The summed E-state index contributed by atoms with van der Waals surface area (Å²) in [5.74, 6) is 0.410. The first kappa shape index (κ1) is 13.2. The number of anilines is 1. The van der Waals surface area contributed by atoms with E-state index in [1.54, 1.807) is 7.11 Å². The second-order valence-corrected chi connectivity index (χ2v) is 4.45. The summed E-state index contributed by atoms with van der Waals surface area (Å²) in [5.41, 5.74) is -0.123. The van der Waals surface area contributed by atoms with Crippen molar-refractivity contribution >= 4 is 23.7 Å². The Morgan fingerprint density at radius 1 is 1.67 bits per heavy atom. The minimum absolute atomic E-state index is 0.136. The smallest absolute Gasteiger partial charge is 0.156 e. The highest BCUT2D eigenvalue weighted by molar-refractivity contribution is 6.32. The second kappa shape index (κ2) is 5.60. The molecule has 18 heavy (non-hydrogen) atoms. The number of hydrogen-bond acceptors (Lipinski definition) is 6. The van der Waals surface area contributed by atoms with Crippen molar-refractivity contribution in [3.05, 3.63) is 17.0 Å². The molecule has 2 heterocycles. The van der Waals surface area contributed by atoms with E-state index in [-0.39, 0.29) is 16.3 Å². The first-order chi connectivity index (χ1) is 8.71. The Morgan fingerprint density at radius 2 is 2.50 bits per heavy atom. The minimum Gasteiger partial charge on any atom is -0.378 e. The topological polar surface area (TPSA) is 73.3 Å². The molecule has 1 saturated heterocycles. The number of nitrogens with one attached hydrogen (secondary N) is 1. The van der Waals surface area contributed by atoms with Gasteiger partial charge in [0, 0.05) is 26.7 Å².